The highest BCUT2D eigenvalue weighted by Gasteiger charge is 2.12. The molecule has 1 heterocycles. The SMILES string of the molecule is CNC(=O)c1ccccc1Nc1nc(Nc2cccc(N)c2)ncc1Cl. The number of nitrogens with zero attached hydrogens (tertiary/aromatic N) is 2. The van der Waals surface area contributed by atoms with Gasteiger partial charge in [0.25, 0.3) is 5.91 Å². The molecule has 0 fully saturated rings. The van der Waals surface area contributed by atoms with Crippen LogP contribution < -0.4 is 21.7 Å². The summed E-state index contributed by atoms with van der Waals surface area (Å²) < 4.78 is 0. The third kappa shape index (κ3) is 4.01. The van der Waals surface area contributed by atoms with E-state index >= 15 is 0 Å². The summed E-state index contributed by atoms with van der Waals surface area (Å²) in [5, 5.41) is 9.08. The van der Waals surface area contributed by atoms with Crippen molar-refractivity contribution in [1.29, 1.82) is 0 Å². The van der Waals surface area contributed by atoms with E-state index < -0.39 is 0 Å². The number of hydrogen-bond donors (Lipinski definition) is 4. The number of rotatable bonds is 5. The first-order valence-corrected chi connectivity index (χ1v) is 8.18. The van der Waals surface area contributed by atoms with E-state index in [2.05, 4.69) is 25.9 Å². The van der Waals surface area contributed by atoms with Gasteiger partial charge in [0, 0.05) is 18.4 Å². The van der Waals surface area contributed by atoms with Crippen molar-refractivity contribution in [3.8, 4) is 0 Å². The van der Waals surface area contributed by atoms with Gasteiger partial charge < -0.3 is 21.7 Å². The molecular formula is C18H17ClN6O. The molecule has 3 rings (SSSR count). The molecule has 3 aromatic rings. The Kier molecular flexibility index (Phi) is 5.19. The number of anilines is 5. The summed E-state index contributed by atoms with van der Waals surface area (Å²) in [6.07, 6.45) is 1.48. The summed E-state index contributed by atoms with van der Waals surface area (Å²) in [5.74, 6) is 0.515. The van der Waals surface area contributed by atoms with E-state index in [0.29, 0.717) is 33.7 Å². The highest BCUT2D eigenvalue weighted by molar-refractivity contribution is 6.33. The molecule has 0 saturated carbocycles. The van der Waals surface area contributed by atoms with Gasteiger partial charge in [-0.15, -0.1) is 0 Å². The standard InChI is InChI=1S/C18H17ClN6O/c1-21-17(26)13-7-2-3-8-15(13)24-16-14(19)10-22-18(25-16)23-12-6-4-5-11(20)9-12/h2-10H,20H2,1H3,(H,21,26)(H2,22,23,24,25). The number of hydrogen-bond acceptors (Lipinski definition) is 6. The first kappa shape index (κ1) is 17.5. The molecule has 1 amide bonds. The van der Waals surface area contributed by atoms with Crippen molar-refractivity contribution in [1.82, 2.24) is 15.3 Å². The number of aromatic nitrogens is 2. The van der Waals surface area contributed by atoms with Crippen LogP contribution in [0.25, 0.3) is 0 Å². The molecule has 7 nitrogen and oxygen atoms in total. The highest BCUT2D eigenvalue weighted by Crippen LogP contribution is 2.27. The van der Waals surface area contributed by atoms with Crippen molar-refractivity contribution in [3.05, 3.63) is 65.3 Å². The van der Waals surface area contributed by atoms with Gasteiger partial charge in [-0.3, -0.25) is 4.79 Å². The fourth-order valence-corrected chi connectivity index (χ4v) is 2.45. The summed E-state index contributed by atoms with van der Waals surface area (Å²) in [5.41, 5.74) is 8.22. The van der Waals surface area contributed by atoms with Crippen LogP contribution in [0, 0.1) is 0 Å². The van der Waals surface area contributed by atoms with Gasteiger partial charge in [-0.25, -0.2) is 4.98 Å². The lowest BCUT2D eigenvalue weighted by molar-refractivity contribution is 0.0964. The Hall–Kier alpha value is -3.32. The molecule has 1 aromatic heterocycles. The lowest BCUT2D eigenvalue weighted by Gasteiger charge is -2.13. The number of para-hydroxylation sites is 1. The number of nitrogen functional groups attached to an aromatic ring is 1. The normalized spacial score (nSPS) is 10.2. The molecule has 5 N–H and O–H groups in total. The lowest BCUT2D eigenvalue weighted by atomic mass is 10.1. The second-order valence-electron chi connectivity index (χ2n) is 5.39. The van der Waals surface area contributed by atoms with Crippen molar-refractivity contribution in [3.63, 3.8) is 0 Å². The molecule has 132 valence electrons. The maximum Gasteiger partial charge on any atom is 0.253 e. The molecule has 0 saturated heterocycles. The maximum atomic E-state index is 12.0. The van der Waals surface area contributed by atoms with E-state index in [1.54, 1.807) is 37.4 Å². The number of nitrogens with one attached hydrogen (secondary N) is 3. The molecule has 0 spiro atoms. The number of carbonyl (C=O) groups is 1. The van der Waals surface area contributed by atoms with Crippen molar-refractivity contribution >= 4 is 46.3 Å². The Balaban J connectivity index is 1.88. The Morgan fingerprint density at radius 3 is 2.69 bits per heavy atom. The average Bonchev–Trinajstić information content (AvgIpc) is 2.64. The van der Waals surface area contributed by atoms with Crippen LogP contribution in [0.2, 0.25) is 5.02 Å². The Morgan fingerprint density at radius 1 is 1.12 bits per heavy atom. The largest absolute Gasteiger partial charge is 0.399 e. The third-order valence-corrected chi connectivity index (χ3v) is 3.82. The van der Waals surface area contributed by atoms with Gasteiger partial charge in [0.05, 0.1) is 17.4 Å². The van der Waals surface area contributed by atoms with Crippen LogP contribution in [0.4, 0.5) is 28.8 Å². The topological polar surface area (TPSA) is 105 Å². The minimum atomic E-state index is -0.212. The van der Waals surface area contributed by atoms with E-state index in [1.165, 1.54) is 6.20 Å². The van der Waals surface area contributed by atoms with Crippen LogP contribution in [0.1, 0.15) is 10.4 Å². The van der Waals surface area contributed by atoms with Gasteiger partial charge in [-0.05, 0) is 30.3 Å². The van der Waals surface area contributed by atoms with Crippen molar-refractivity contribution in [2.24, 2.45) is 0 Å². The molecule has 26 heavy (non-hydrogen) atoms. The van der Waals surface area contributed by atoms with Crippen molar-refractivity contribution < 1.29 is 4.79 Å². The first-order chi connectivity index (χ1) is 12.6. The minimum absolute atomic E-state index is 0.212. The van der Waals surface area contributed by atoms with E-state index in [-0.39, 0.29) is 5.91 Å². The number of amides is 1. The number of nitrogens with two attached hydrogens (primary N) is 1. The fourth-order valence-electron chi connectivity index (χ4n) is 2.31. The summed E-state index contributed by atoms with van der Waals surface area (Å²) in [6, 6.07) is 14.3. The molecule has 2 aromatic carbocycles. The quantitative estimate of drug-likeness (QED) is 0.513. The lowest BCUT2D eigenvalue weighted by Crippen LogP contribution is -2.19. The van der Waals surface area contributed by atoms with E-state index in [0.717, 1.165) is 5.69 Å². The zero-order chi connectivity index (χ0) is 18.5. The van der Waals surface area contributed by atoms with E-state index in [9.17, 15) is 4.79 Å². The van der Waals surface area contributed by atoms with Crippen LogP contribution in [0.5, 0.6) is 0 Å². The monoisotopic (exact) mass is 368 g/mol. The highest BCUT2D eigenvalue weighted by atomic mass is 35.5. The molecule has 0 radical (unpaired) electrons. The molecule has 0 unspecified atom stereocenters. The summed E-state index contributed by atoms with van der Waals surface area (Å²) >= 11 is 6.20. The zero-order valence-electron chi connectivity index (χ0n) is 14.0. The maximum absolute atomic E-state index is 12.0. The molecule has 0 aliphatic carbocycles. The average molecular weight is 369 g/mol. The van der Waals surface area contributed by atoms with Crippen LogP contribution in [0.15, 0.2) is 54.7 Å². The Morgan fingerprint density at radius 2 is 1.92 bits per heavy atom. The number of benzene rings is 2. The molecule has 0 aliphatic heterocycles. The zero-order valence-corrected chi connectivity index (χ0v) is 14.7. The smallest absolute Gasteiger partial charge is 0.253 e. The molecular weight excluding hydrogens is 352 g/mol. The van der Waals surface area contributed by atoms with Crippen LogP contribution >= 0.6 is 11.6 Å². The predicted molar refractivity (Wildman–Crippen MR) is 104 cm³/mol. The van der Waals surface area contributed by atoms with Gasteiger partial charge in [0.2, 0.25) is 5.95 Å². The third-order valence-electron chi connectivity index (χ3n) is 3.54. The van der Waals surface area contributed by atoms with Gasteiger partial charge >= 0.3 is 0 Å². The summed E-state index contributed by atoms with van der Waals surface area (Å²) in [7, 11) is 1.57. The minimum Gasteiger partial charge on any atom is -0.399 e. The van der Waals surface area contributed by atoms with Crippen molar-refractivity contribution in [2.45, 2.75) is 0 Å². The molecule has 0 aliphatic rings. The van der Waals surface area contributed by atoms with E-state index in [4.69, 9.17) is 17.3 Å². The Labute approximate surface area is 155 Å². The predicted octanol–water partition coefficient (Wildman–Crippen LogP) is 3.56. The summed E-state index contributed by atoms with van der Waals surface area (Å²) in [4.78, 5) is 20.6. The summed E-state index contributed by atoms with van der Waals surface area (Å²) in [6.45, 7) is 0. The van der Waals surface area contributed by atoms with Crippen LogP contribution in [-0.4, -0.2) is 22.9 Å². The van der Waals surface area contributed by atoms with Gasteiger partial charge in [-0.1, -0.05) is 29.8 Å². The molecule has 0 atom stereocenters. The van der Waals surface area contributed by atoms with E-state index in [1.807, 2.05) is 18.2 Å². The Bertz CT molecular complexity index is 946. The van der Waals surface area contributed by atoms with Crippen LogP contribution in [-0.2, 0) is 0 Å². The van der Waals surface area contributed by atoms with Gasteiger partial charge in [0.15, 0.2) is 5.82 Å². The van der Waals surface area contributed by atoms with Gasteiger partial charge in [-0.2, -0.15) is 4.98 Å². The van der Waals surface area contributed by atoms with Crippen molar-refractivity contribution in [2.75, 3.05) is 23.4 Å². The fraction of sp³-hybridized carbons (Fsp3) is 0.0556. The second-order valence-corrected chi connectivity index (χ2v) is 5.80. The first-order valence-electron chi connectivity index (χ1n) is 7.80. The van der Waals surface area contributed by atoms with Crippen LogP contribution in [0.3, 0.4) is 0 Å². The number of halogens is 1. The molecule has 0 bridgehead atoms. The second kappa shape index (κ2) is 7.71. The van der Waals surface area contributed by atoms with Gasteiger partial charge in [0.1, 0.15) is 5.02 Å². The number of carbonyl (C=O) groups excluding carboxylic acids is 1. The molecule has 8 heteroatoms.